The number of hydrogen-bond acceptors (Lipinski definition) is 6. The molecule has 1 rings (SSSR count). The van der Waals surface area contributed by atoms with Crippen LogP contribution in [0.3, 0.4) is 0 Å². The Hall–Kier alpha value is -1.25. The number of aliphatic hydroxyl groups excluding tert-OH is 2. The highest BCUT2D eigenvalue weighted by molar-refractivity contribution is 5.71. The third-order valence-electron chi connectivity index (χ3n) is 2.19. The molecule has 0 spiro atoms. The molecule has 1 saturated heterocycles. The van der Waals surface area contributed by atoms with Crippen molar-refractivity contribution in [3.05, 3.63) is 4.91 Å². The van der Waals surface area contributed by atoms with Gasteiger partial charge in [0.15, 0.2) is 6.23 Å². The van der Waals surface area contributed by atoms with Crippen LogP contribution < -0.4 is 5.73 Å². The monoisotopic (exact) mass is 219 g/mol. The second-order valence-corrected chi connectivity index (χ2v) is 3.40. The molecular formula is C7H13N3O5. The van der Waals surface area contributed by atoms with Crippen LogP contribution >= 0.6 is 0 Å². The Kier molecular flexibility index (Phi) is 3.56. The molecule has 0 aromatic heterocycles. The van der Waals surface area contributed by atoms with Gasteiger partial charge in [-0.25, -0.2) is 4.79 Å². The van der Waals surface area contributed by atoms with E-state index in [0.29, 0.717) is 0 Å². The van der Waals surface area contributed by atoms with Gasteiger partial charge < -0.3 is 20.7 Å². The zero-order valence-electron chi connectivity index (χ0n) is 8.11. The largest absolute Gasteiger partial charge is 0.390 e. The lowest BCUT2D eigenvalue weighted by molar-refractivity contribution is -0.204. The highest BCUT2D eigenvalue weighted by Crippen LogP contribution is 2.22. The summed E-state index contributed by atoms with van der Waals surface area (Å²) in [7, 11) is 0. The summed E-state index contributed by atoms with van der Waals surface area (Å²) >= 11 is 0. The van der Waals surface area contributed by atoms with E-state index in [1.54, 1.807) is 6.92 Å². The fourth-order valence-corrected chi connectivity index (χ4v) is 1.46. The molecule has 4 atom stereocenters. The van der Waals surface area contributed by atoms with Crippen molar-refractivity contribution in [1.29, 1.82) is 0 Å². The minimum Gasteiger partial charge on any atom is -0.390 e. The predicted octanol–water partition coefficient (Wildman–Crippen LogP) is -1.09. The number of amides is 2. The van der Waals surface area contributed by atoms with Crippen LogP contribution in [0.2, 0.25) is 0 Å². The van der Waals surface area contributed by atoms with E-state index in [1.807, 2.05) is 0 Å². The Balaban J connectivity index is 2.81. The van der Waals surface area contributed by atoms with Crippen LogP contribution in [0.4, 0.5) is 4.79 Å². The van der Waals surface area contributed by atoms with Crippen LogP contribution in [0.25, 0.3) is 0 Å². The van der Waals surface area contributed by atoms with Crippen molar-refractivity contribution in [3.63, 3.8) is 0 Å². The second-order valence-electron chi connectivity index (χ2n) is 3.40. The summed E-state index contributed by atoms with van der Waals surface area (Å²) in [6.45, 7) is 1.63. The van der Waals surface area contributed by atoms with E-state index in [4.69, 9.17) is 10.5 Å². The molecule has 2 amide bonds. The molecule has 1 aliphatic rings. The maximum Gasteiger partial charge on any atom is 0.340 e. The molecule has 86 valence electrons. The third-order valence-corrected chi connectivity index (χ3v) is 2.19. The van der Waals surface area contributed by atoms with Crippen LogP contribution in [0.5, 0.6) is 0 Å². The molecule has 8 nitrogen and oxygen atoms in total. The lowest BCUT2D eigenvalue weighted by atomic mass is 10.0. The zero-order chi connectivity index (χ0) is 11.6. The van der Waals surface area contributed by atoms with Crippen molar-refractivity contribution in [2.45, 2.75) is 37.9 Å². The summed E-state index contributed by atoms with van der Waals surface area (Å²) < 4.78 is 5.10. The van der Waals surface area contributed by atoms with Gasteiger partial charge >= 0.3 is 6.03 Å². The molecule has 1 heterocycles. The summed E-state index contributed by atoms with van der Waals surface area (Å²) in [5, 5.41) is 21.5. The molecule has 0 bridgehead atoms. The van der Waals surface area contributed by atoms with Gasteiger partial charge in [0.05, 0.1) is 17.5 Å². The number of nitroso groups, excluding NO2 is 1. The van der Waals surface area contributed by atoms with Crippen molar-refractivity contribution in [1.82, 2.24) is 5.01 Å². The molecule has 0 unspecified atom stereocenters. The van der Waals surface area contributed by atoms with Crippen molar-refractivity contribution >= 4 is 6.03 Å². The molecule has 1 fully saturated rings. The van der Waals surface area contributed by atoms with Gasteiger partial charge in [0.1, 0.15) is 6.10 Å². The summed E-state index contributed by atoms with van der Waals surface area (Å²) in [4.78, 5) is 21.1. The van der Waals surface area contributed by atoms with Crippen LogP contribution in [-0.4, -0.2) is 45.8 Å². The molecule has 0 saturated carbocycles. The van der Waals surface area contributed by atoms with E-state index < -0.39 is 30.6 Å². The lowest BCUT2D eigenvalue weighted by Crippen LogP contribution is -2.56. The average molecular weight is 219 g/mol. The smallest absolute Gasteiger partial charge is 0.340 e. The van der Waals surface area contributed by atoms with E-state index in [9.17, 15) is 19.9 Å². The summed E-state index contributed by atoms with van der Waals surface area (Å²) in [6, 6.07) is -1.14. The minimum atomic E-state index is -1.40. The number of urea groups is 1. The third kappa shape index (κ3) is 2.41. The SMILES string of the molecule is C[C@H]1C[C@@H](O)[C@H](O)[C@H](N(N=O)C(N)=O)O1. The van der Waals surface area contributed by atoms with Crippen molar-refractivity contribution in [2.24, 2.45) is 11.0 Å². The molecule has 0 aliphatic carbocycles. The van der Waals surface area contributed by atoms with Gasteiger partial charge in [-0.1, -0.05) is 0 Å². The van der Waals surface area contributed by atoms with E-state index in [2.05, 4.69) is 5.29 Å². The van der Waals surface area contributed by atoms with Crippen molar-refractivity contribution < 1.29 is 19.7 Å². The number of nitrogens with two attached hydrogens (primary N) is 1. The molecule has 15 heavy (non-hydrogen) atoms. The fraction of sp³-hybridized carbons (Fsp3) is 0.857. The average Bonchev–Trinajstić information content (AvgIpc) is 2.13. The number of carbonyl (C=O) groups is 1. The highest BCUT2D eigenvalue weighted by atomic mass is 16.5. The van der Waals surface area contributed by atoms with Gasteiger partial charge in [0.2, 0.25) is 0 Å². The van der Waals surface area contributed by atoms with Gasteiger partial charge in [0, 0.05) is 6.42 Å². The molecule has 1 aliphatic heterocycles. The predicted molar refractivity (Wildman–Crippen MR) is 48.2 cm³/mol. The summed E-state index contributed by atoms with van der Waals surface area (Å²) in [5.41, 5.74) is 4.85. The van der Waals surface area contributed by atoms with Gasteiger partial charge in [-0.2, -0.15) is 0 Å². The Labute approximate surface area is 85.6 Å². The number of ether oxygens (including phenoxy) is 1. The normalized spacial score (nSPS) is 35.9. The van der Waals surface area contributed by atoms with Crippen molar-refractivity contribution in [2.75, 3.05) is 0 Å². The molecule has 0 aromatic carbocycles. The molecule has 4 N–H and O–H groups in total. The van der Waals surface area contributed by atoms with Crippen LogP contribution in [0, 0.1) is 4.91 Å². The van der Waals surface area contributed by atoms with Gasteiger partial charge in [0.25, 0.3) is 0 Å². The fourth-order valence-electron chi connectivity index (χ4n) is 1.46. The number of primary amides is 1. The summed E-state index contributed by atoms with van der Waals surface area (Å²) in [5.74, 6) is 0. The standard InChI is InChI=1S/C7H13N3O5/c1-3-2-4(11)5(12)6(15-3)10(9-14)7(8)13/h3-6,11-12H,2H2,1H3,(H2,8,13)/t3-,4+,5-,6+/m0/s1. The second kappa shape index (κ2) is 4.51. The van der Waals surface area contributed by atoms with E-state index in [-0.39, 0.29) is 11.4 Å². The highest BCUT2D eigenvalue weighted by Gasteiger charge is 2.41. The van der Waals surface area contributed by atoms with Gasteiger partial charge in [-0.3, -0.25) is 0 Å². The van der Waals surface area contributed by atoms with Gasteiger partial charge in [-0.15, -0.1) is 9.92 Å². The Morgan fingerprint density at radius 1 is 1.60 bits per heavy atom. The molecule has 0 aromatic rings. The zero-order valence-corrected chi connectivity index (χ0v) is 8.11. The van der Waals surface area contributed by atoms with Crippen molar-refractivity contribution in [3.8, 4) is 0 Å². The van der Waals surface area contributed by atoms with Crippen LogP contribution in [0.15, 0.2) is 5.29 Å². The van der Waals surface area contributed by atoms with Gasteiger partial charge in [-0.05, 0) is 6.92 Å². The van der Waals surface area contributed by atoms with E-state index in [0.717, 1.165) is 0 Å². The summed E-state index contributed by atoms with van der Waals surface area (Å²) in [6.07, 6.45) is -4.01. The quantitative estimate of drug-likeness (QED) is 0.401. The number of aliphatic hydroxyl groups is 2. The number of hydrogen-bond donors (Lipinski definition) is 3. The Bertz CT molecular complexity index is 261. The molecular weight excluding hydrogens is 206 g/mol. The number of carbonyl (C=O) groups excluding carboxylic acids is 1. The molecule has 0 radical (unpaired) electrons. The van der Waals surface area contributed by atoms with Crippen LogP contribution in [0.1, 0.15) is 13.3 Å². The Morgan fingerprint density at radius 2 is 2.20 bits per heavy atom. The minimum absolute atomic E-state index is 0.211. The topological polar surface area (TPSA) is 125 Å². The number of nitrogens with zero attached hydrogens (tertiary/aromatic N) is 2. The van der Waals surface area contributed by atoms with E-state index >= 15 is 0 Å². The first-order valence-corrected chi connectivity index (χ1v) is 4.41. The Morgan fingerprint density at radius 3 is 2.67 bits per heavy atom. The number of rotatable bonds is 2. The molecule has 8 heteroatoms. The first-order chi connectivity index (χ1) is 6.97. The lowest BCUT2D eigenvalue weighted by Gasteiger charge is -2.37. The maximum atomic E-state index is 10.8. The van der Waals surface area contributed by atoms with Crippen LogP contribution in [-0.2, 0) is 4.74 Å². The first kappa shape index (κ1) is 11.8. The van der Waals surface area contributed by atoms with E-state index in [1.165, 1.54) is 0 Å². The first-order valence-electron chi connectivity index (χ1n) is 4.41. The maximum absolute atomic E-state index is 10.8.